The largest absolute Gasteiger partial charge is 0.466 e. The van der Waals surface area contributed by atoms with Crippen molar-refractivity contribution in [2.24, 2.45) is 5.92 Å². The Labute approximate surface area is 172 Å². The lowest BCUT2D eigenvalue weighted by molar-refractivity contribution is -0.151. The molecule has 2 aliphatic heterocycles. The first kappa shape index (κ1) is 21.1. The van der Waals surface area contributed by atoms with E-state index in [1.165, 1.54) is 5.56 Å². The van der Waals surface area contributed by atoms with Crippen molar-refractivity contribution in [1.29, 1.82) is 0 Å². The molecule has 0 N–H and O–H groups in total. The van der Waals surface area contributed by atoms with Crippen LogP contribution in [0.15, 0.2) is 24.3 Å². The molecule has 6 nitrogen and oxygen atoms in total. The molecule has 1 atom stereocenters. The zero-order valence-electron chi connectivity index (χ0n) is 16.6. The molecule has 2 aliphatic rings. The summed E-state index contributed by atoms with van der Waals surface area (Å²) < 4.78 is 5.13. The minimum Gasteiger partial charge on any atom is -0.466 e. The third-order valence-corrected chi connectivity index (χ3v) is 5.79. The molecule has 0 spiro atoms. The maximum Gasteiger partial charge on any atom is 0.310 e. The number of halogens is 1. The summed E-state index contributed by atoms with van der Waals surface area (Å²) in [4.78, 5) is 31.1. The second-order valence-electron chi connectivity index (χ2n) is 7.61. The zero-order chi connectivity index (χ0) is 19.9. The van der Waals surface area contributed by atoms with Crippen molar-refractivity contribution in [3.05, 3.63) is 34.9 Å². The molecule has 1 amide bonds. The number of carbonyl (C=O) groups is 2. The summed E-state index contributed by atoms with van der Waals surface area (Å²) in [5, 5.41) is 0.759. The highest BCUT2D eigenvalue weighted by molar-refractivity contribution is 6.30. The van der Waals surface area contributed by atoms with Gasteiger partial charge in [-0.25, -0.2) is 0 Å². The second kappa shape index (κ2) is 10.2. The Morgan fingerprint density at radius 1 is 1.07 bits per heavy atom. The molecule has 2 saturated heterocycles. The quantitative estimate of drug-likeness (QED) is 0.677. The van der Waals surface area contributed by atoms with Gasteiger partial charge in [-0.3, -0.25) is 19.4 Å². The molecule has 0 bridgehead atoms. The van der Waals surface area contributed by atoms with Gasteiger partial charge in [0.25, 0.3) is 0 Å². The van der Waals surface area contributed by atoms with Gasteiger partial charge >= 0.3 is 5.97 Å². The van der Waals surface area contributed by atoms with Gasteiger partial charge < -0.3 is 9.64 Å². The summed E-state index contributed by atoms with van der Waals surface area (Å²) in [7, 11) is 0. The van der Waals surface area contributed by atoms with Crippen molar-refractivity contribution in [2.75, 3.05) is 52.4 Å². The van der Waals surface area contributed by atoms with Crippen LogP contribution in [0.1, 0.15) is 25.3 Å². The van der Waals surface area contributed by atoms with E-state index < -0.39 is 0 Å². The molecule has 28 heavy (non-hydrogen) atoms. The minimum absolute atomic E-state index is 0.125. The van der Waals surface area contributed by atoms with Crippen LogP contribution in [0, 0.1) is 5.92 Å². The zero-order valence-corrected chi connectivity index (χ0v) is 17.4. The van der Waals surface area contributed by atoms with Crippen LogP contribution in [0.3, 0.4) is 0 Å². The summed E-state index contributed by atoms with van der Waals surface area (Å²) in [5.41, 5.74) is 1.26. The van der Waals surface area contributed by atoms with Gasteiger partial charge in [-0.05, 0) is 37.5 Å². The number of hydrogen-bond acceptors (Lipinski definition) is 5. The van der Waals surface area contributed by atoms with E-state index in [-0.39, 0.29) is 17.8 Å². The maximum absolute atomic E-state index is 12.7. The van der Waals surface area contributed by atoms with Crippen molar-refractivity contribution in [3.63, 3.8) is 0 Å². The standard InChI is InChI=1S/C21H30ClN3O3/c1-2-28-21(27)18-4-3-9-25(15-18)20(26)16-24-12-10-23(11-13-24)14-17-5-7-19(22)8-6-17/h5-8,18H,2-4,9-16H2,1H3. The van der Waals surface area contributed by atoms with Crippen LogP contribution in [0.5, 0.6) is 0 Å². The highest BCUT2D eigenvalue weighted by atomic mass is 35.5. The predicted molar refractivity (Wildman–Crippen MR) is 109 cm³/mol. The summed E-state index contributed by atoms with van der Waals surface area (Å²) >= 11 is 5.95. The Morgan fingerprint density at radius 3 is 2.43 bits per heavy atom. The van der Waals surface area contributed by atoms with E-state index in [1.54, 1.807) is 0 Å². The number of amides is 1. The van der Waals surface area contributed by atoms with E-state index in [9.17, 15) is 9.59 Å². The van der Waals surface area contributed by atoms with E-state index >= 15 is 0 Å². The molecule has 0 aliphatic carbocycles. The van der Waals surface area contributed by atoms with Gasteiger partial charge in [-0.2, -0.15) is 0 Å². The minimum atomic E-state index is -0.172. The highest BCUT2D eigenvalue weighted by Crippen LogP contribution is 2.19. The highest BCUT2D eigenvalue weighted by Gasteiger charge is 2.30. The molecular formula is C21H30ClN3O3. The van der Waals surface area contributed by atoms with E-state index in [2.05, 4.69) is 21.9 Å². The van der Waals surface area contributed by atoms with Gasteiger partial charge in [-0.15, -0.1) is 0 Å². The van der Waals surface area contributed by atoms with Crippen LogP contribution in [-0.4, -0.2) is 79.0 Å². The number of likely N-dealkylation sites (tertiary alicyclic amines) is 1. The van der Waals surface area contributed by atoms with Crippen LogP contribution in [0.2, 0.25) is 5.02 Å². The molecular weight excluding hydrogens is 378 g/mol. The lowest BCUT2D eigenvalue weighted by Crippen LogP contribution is -2.51. The maximum atomic E-state index is 12.7. The van der Waals surface area contributed by atoms with Crippen molar-refractivity contribution in [1.82, 2.24) is 14.7 Å². The number of piperazine rings is 1. The molecule has 0 saturated carbocycles. The normalized spacial score (nSPS) is 21.5. The molecule has 0 aromatic heterocycles. The van der Waals surface area contributed by atoms with Crippen LogP contribution in [-0.2, 0) is 20.9 Å². The van der Waals surface area contributed by atoms with E-state index in [4.69, 9.17) is 16.3 Å². The van der Waals surface area contributed by atoms with Gasteiger partial charge in [0.05, 0.1) is 19.1 Å². The molecule has 2 heterocycles. The molecule has 2 fully saturated rings. The van der Waals surface area contributed by atoms with Gasteiger partial charge in [0.1, 0.15) is 0 Å². The molecule has 0 radical (unpaired) electrons. The lowest BCUT2D eigenvalue weighted by Gasteiger charge is -2.37. The number of esters is 1. The molecule has 154 valence electrons. The third-order valence-electron chi connectivity index (χ3n) is 5.54. The van der Waals surface area contributed by atoms with Crippen molar-refractivity contribution >= 4 is 23.5 Å². The summed E-state index contributed by atoms with van der Waals surface area (Å²) in [6, 6.07) is 7.98. The molecule has 1 aromatic carbocycles. The topological polar surface area (TPSA) is 53.1 Å². The fourth-order valence-electron chi connectivity index (χ4n) is 3.90. The Kier molecular flexibility index (Phi) is 7.71. The monoisotopic (exact) mass is 407 g/mol. The SMILES string of the molecule is CCOC(=O)C1CCCN(C(=O)CN2CCN(Cc3ccc(Cl)cc3)CC2)C1. The van der Waals surface area contributed by atoms with Crippen molar-refractivity contribution in [3.8, 4) is 0 Å². The first-order chi connectivity index (χ1) is 13.5. The van der Waals surface area contributed by atoms with E-state index in [1.807, 2.05) is 24.0 Å². The summed E-state index contributed by atoms with van der Waals surface area (Å²) in [5.74, 6) is -0.218. The smallest absolute Gasteiger partial charge is 0.310 e. The fourth-order valence-corrected chi connectivity index (χ4v) is 4.03. The lowest BCUT2D eigenvalue weighted by atomic mass is 9.98. The third kappa shape index (κ3) is 5.93. The van der Waals surface area contributed by atoms with E-state index in [0.29, 0.717) is 19.7 Å². The molecule has 1 aromatic rings. The number of benzene rings is 1. The van der Waals surface area contributed by atoms with Crippen LogP contribution in [0.4, 0.5) is 0 Å². The summed E-state index contributed by atoms with van der Waals surface area (Å²) in [6.45, 7) is 8.45. The molecule has 1 unspecified atom stereocenters. The number of nitrogens with zero attached hydrogens (tertiary/aromatic N) is 3. The van der Waals surface area contributed by atoms with E-state index in [0.717, 1.165) is 57.1 Å². The first-order valence-corrected chi connectivity index (χ1v) is 10.6. The van der Waals surface area contributed by atoms with Gasteiger partial charge in [0, 0.05) is 50.8 Å². The number of piperidine rings is 1. The van der Waals surface area contributed by atoms with Gasteiger partial charge in [0.15, 0.2) is 0 Å². The number of hydrogen-bond donors (Lipinski definition) is 0. The van der Waals surface area contributed by atoms with Crippen LogP contribution >= 0.6 is 11.6 Å². The van der Waals surface area contributed by atoms with Gasteiger partial charge in [-0.1, -0.05) is 23.7 Å². The number of ether oxygens (including phenoxy) is 1. The average molecular weight is 408 g/mol. The molecule has 7 heteroatoms. The Hall–Kier alpha value is -1.63. The van der Waals surface area contributed by atoms with Crippen LogP contribution < -0.4 is 0 Å². The van der Waals surface area contributed by atoms with Crippen LogP contribution in [0.25, 0.3) is 0 Å². The average Bonchev–Trinajstić information content (AvgIpc) is 2.71. The van der Waals surface area contributed by atoms with Gasteiger partial charge in [0.2, 0.25) is 5.91 Å². The predicted octanol–water partition coefficient (Wildman–Crippen LogP) is 2.26. The first-order valence-electron chi connectivity index (χ1n) is 10.2. The second-order valence-corrected chi connectivity index (χ2v) is 8.05. The Morgan fingerprint density at radius 2 is 1.75 bits per heavy atom. The van der Waals surface area contributed by atoms with Crippen molar-refractivity contribution < 1.29 is 14.3 Å². The number of rotatable bonds is 6. The van der Waals surface area contributed by atoms with Crippen molar-refractivity contribution in [2.45, 2.75) is 26.3 Å². The Bertz CT molecular complexity index is 659. The summed E-state index contributed by atoms with van der Waals surface area (Å²) in [6.07, 6.45) is 1.68. The molecule has 3 rings (SSSR count). The number of carbonyl (C=O) groups excluding carboxylic acids is 2. The fraction of sp³-hybridized carbons (Fsp3) is 0.619. The Balaban J connectivity index is 1.42.